The van der Waals surface area contributed by atoms with E-state index in [1.807, 2.05) is 6.07 Å². The minimum atomic E-state index is 0.547. The minimum absolute atomic E-state index is 0.547. The molecule has 1 aliphatic heterocycles. The number of rotatable bonds is 9. The van der Waals surface area contributed by atoms with Gasteiger partial charge in [0.25, 0.3) is 0 Å². The quantitative estimate of drug-likeness (QED) is 0.385. The van der Waals surface area contributed by atoms with Crippen LogP contribution in [0, 0.1) is 12.8 Å². The van der Waals surface area contributed by atoms with Gasteiger partial charge in [0.15, 0.2) is 5.96 Å². The van der Waals surface area contributed by atoms with Crippen LogP contribution >= 0.6 is 11.3 Å². The van der Waals surface area contributed by atoms with Crippen molar-refractivity contribution >= 4 is 17.3 Å². The van der Waals surface area contributed by atoms with Gasteiger partial charge in [-0.1, -0.05) is 30.3 Å². The fourth-order valence-electron chi connectivity index (χ4n) is 3.40. The van der Waals surface area contributed by atoms with Crippen molar-refractivity contribution in [3.63, 3.8) is 0 Å². The Labute approximate surface area is 178 Å². The van der Waals surface area contributed by atoms with Gasteiger partial charge < -0.3 is 19.7 Å². The molecule has 0 aliphatic carbocycles. The van der Waals surface area contributed by atoms with E-state index in [-0.39, 0.29) is 0 Å². The molecule has 0 bridgehead atoms. The summed E-state index contributed by atoms with van der Waals surface area (Å²) in [4.78, 5) is 13.2. The van der Waals surface area contributed by atoms with Gasteiger partial charge in [-0.3, -0.25) is 0 Å². The summed E-state index contributed by atoms with van der Waals surface area (Å²) in [6.07, 6.45) is 1.13. The Kier molecular flexibility index (Phi) is 8.46. The smallest absolute Gasteiger partial charge is 0.194 e. The number of hydrogen-bond acceptors (Lipinski definition) is 5. The lowest BCUT2D eigenvalue weighted by molar-refractivity contribution is 0.0536. The number of aryl methyl sites for hydroxylation is 1. The SMILES string of the molecule is CCNC(=NCc1sc(-c2ccccc2)nc1C)N1CCC(COCCOC)C1. The van der Waals surface area contributed by atoms with Crippen LogP contribution in [-0.2, 0) is 16.0 Å². The van der Waals surface area contributed by atoms with E-state index in [9.17, 15) is 0 Å². The summed E-state index contributed by atoms with van der Waals surface area (Å²) >= 11 is 1.74. The summed E-state index contributed by atoms with van der Waals surface area (Å²) in [5.41, 5.74) is 2.23. The molecule has 158 valence electrons. The van der Waals surface area contributed by atoms with E-state index in [0.29, 0.717) is 25.7 Å². The third-order valence-corrected chi connectivity index (χ3v) is 6.18. The van der Waals surface area contributed by atoms with E-state index in [2.05, 4.69) is 48.3 Å². The van der Waals surface area contributed by atoms with E-state index in [1.165, 1.54) is 10.4 Å². The van der Waals surface area contributed by atoms with Crippen LogP contribution in [0.2, 0.25) is 0 Å². The van der Waals surface area contributed by atoms with Crippen molar-refractivity contribution in [2.75, 3.05) is 46.6 Å². The van der Waals surface area contributed by atoms with Crippen molar-refractivity contribution in [2.24, 2.45) is 10.9 Å². The number of methoxy groups -OCH3 is 1. The molecule has 29 heavy (non-hydrogen) atoms. The summed E-state index contributed by atoms with van der Waals surface area (Å²) in [5.74, 6) is 1.53. The number of nitrogens with zero attached hydrogens (tertiary/aromatic N) is 3. The zero-order valence-electron chi connectivity index (χ0n) is 17.7. The van der Waals surface area contributed by atoms with Crippen LogP contribution in [-0.4, -0.2) is 62.4 Å². The van der Waals surface area contributed by atoms with Gasteiger partial charge >= 0.3 is 0 Å². The van der Waals surface area contributed by atoms with Crippen LogP contribution in [0.1, 0.15) is 23.9 Å². The van der Waals surface area contributed by atoms with E-state index in [4.69, 9.17) is 19.5 Å². The highest BCUT2D eigenvalue weighted by Gasteiger charge is 2.25. The predicted octanol–water partition coefficient (Wildman–Crippen LogP) is 3.57. The maximum Gasteiger partial charge on any atom is 0.194 e. The van der Waals surface area contributed by atoms with Crippen LogP contribution in [0.5, 0.6) is 0 Å². The van der Waals surface area contributed by atoms with Crippen LogP contribution in [0.25, 0.3) is 10.6 Å². The summed E-state index contributed by atoms with van der Waals surface area (Å²) in [6, 6.07) is 10.3. The minimum Gasteiger partial charge on any atom is -0.382 e. The van der Waals surface area contributed by atoms with Gasteiger partial charge in [-0.05, 0) is 20.3 Å². The second-order valence-corrected chi connectivity index (χ2v) is 8.32. The topological polar surface area (TPSA) is 59.0 Å². The lowest BCUT2D eigenvalue weighted by Crippen LogP contribution is -2.40. The molecule has 1 atom stereocenters. The van der Waals surface area contributed by atoms with Crippen molar-refractivity contribution in [3.8, 4) is 10.6 Å². The van der Waals surface area contributed by atoms with Gasteiger partial charge in [0, 0.05) is 43.1 Å². The highest BCUT2D eigenvalue weighted by Crippen LogP contribution is 2.28. The standard InChI is InChI=1S/C22H32N4O2S/c1-4-23-22(26-11-10-18(15-26)16-28-13-12-27-3)24-14-20-17(2)25-21(29-20)19-8-6-5-7-9-19/h5-9,18H,4,10-16H2,1-3H3,(H,23,24). The molecule has 7 heteroatoms. The number of hydrogen-bond donors (Lipinski definition) is 1. The van der Waals surface area contributed by atoms with Crippen molar-refractivity contribution in [3.05, 3.63) is 40.9 Å². The number of aliphatic imine (C=N–C) groups is 1. The van der Waals surface area contributed by atoms with Crippen LogP contribution in [0.3, 0.4) is 0 Å². The molecule has 0 radical (unpaired) electrons. The number of thiazole rings is 1. The average Bonchev–Trinajstić information content (AvgIpc) is 3.36. The molecule has 1 N–H and O–H groups in total. The maximum absolute atomic E-state index is 5.72. The highest BCUT2D eigenvalue weighted by atomic mass is 32.1. The Balaban J connectivity index is 1.61. The number of guanidine groups is 1. The molecule has 0 spiro atoms. The first-order valence-electron chi connectivity index (χ1n) is 10.3. The third-order valence-electron chi connectivity index (χ3n) is 4.99. The molecule has 2 heterocycles. The maximum atomic E-state index is 5.72. The Morgan fingerprint density at radius 1 is 1.31 bits per heavy atom. The van der Waals surface area contributed by atoms with Gasteiger partial charge in [0.1, 0.15) is 5.01 Å². The Bertz CT molecular complexity index is 778. The van der Waals surface area contributed by atoms with Gasteiger partial charge in [-0.15, -0.1) is 11.3 Å². The number of benzene rings is 1. The summed E-state index contributed by atoms with van der Waals surface area (Å²) in [6.45, 7) is 9.80. The normalized spacial score (nSPS) is 17.1. The number of likely N-dealkylation sites (tertiary alicyclic amines) is 1. The fraction of sp³-hybridized carbons (Fsp3) is 0.545. The van der Waals surface area contributed by atoms with Crippen LogP contribution in [0.4, 0.5) is 0 Å². The first kappa shape index (κ1) is 21.7. The Morgan fingerprint density at radius 3 is 2.90 bits per heavy atom. The lowest BCUT2D eigenvalue weighted by Gasteiger charge is -2.21. The molecule has 3 rings (SSSR count). The number of ether oxygens (including phenoxy) is 2. The summed E-state index contributed by atoms with van der Waals surface area (Å²) < 4.78 is 10.8. The summed E-state index contributed by atoms with van der Waals surface area (Å²) in [7, 11) is 1.70. The van der Waals surface area contributed by atoms with Gasteiger partial charge in [-0.2, -0.15) is 0 Å². The molecular weight excluding hydrogens is 384 g/mol. The predicted molar refractivity (Wildman–Crippen MR) is 119 cm³/mol. The molecule has 1 aromatic carbocycles. The Morgan fingerprint density at radius 2 is 2.14 bits per heavy atom. The fourth-order valence-corrected chi connectivity index (χ4v) is 4.40. The summed E-state index contributed by atoms with van der Waals surface area (Å²) in [5, 5.41) is 4.51. The lowest BCUT2D eigenvalue weighted by atomic mass is 10.1. The van der Waals surface area contributed by atoms with Crippen LogP contribution < -0.4 is 5.32 Å². The van der Waals surface area contributed by atoms with Crippen molar-refractivity contribution in [1.82, 2.24) is 15.2 Å². The Hall–Kier alpha value is -1.96. The monoisotopic (exact) mass is 416 g/mol. The van der Waals surface area contributed by atoms with Crippen molar-refractivity contribution < 1.29 is 9.47 Å². The molecule has 1 fully saturated rings. The van der Waals surface area contributed by atoms with Crippen LogP contribution in [0.15, 0.2) is 35.3 Å². The second kappa shape index (κ2) is 11.3. The van der Waals surface area contributed by atoms with E-state index in [1.54, 1.807) is 18.4 Å². The molecule has 1 saturated heterocycles. The molecule has 2 aromatic rings. The second-order valence-electron chi connectivity index (χ2n) is 7.23. The van der Waals surface area contributed by atoms with E-state index < -0.39 is 0 Å². The van der Waals surface area contributed by atoms with E-state index in [0.717, 1.165) is 49.3 Å². The average molecular weight is 417 g/mol. The van der Waals surface area contributed by atoms with Gasteiger partial charge in [-0.25, -0.2) is 9.98 Å². The largest absolute Gasteiger partial charge is 0.382 e. The molecule has 1 unspecified atom stereocenters. The van der Waals surface area contributed by atoms with Crippen molar-refractivity contribution in [1.29, 1.82) is 0 Å². The highest BCUT2D eigenvalue weighted by molar-refractivity contribution is 7.15. The number of nitrogens with one attached hydrogen (secondary N) is 1. The van der Waals surface area contributed by atoms with Crippen molar-refractivity contribution in [2.45, 2.75) is 26.8 Å². The molecule has 1 aliphatic rings. The zero-order valence-corrected chi connectivity index (χ0v) is 18.5. The number of aromatic nitrogens is 1. The molecular formula is C22H32N4O2S. The molecule has 0 saturated carbocycles. The van der Waals surface area contributed by atoms with Gasteiger partial charge in [0.2, 0.25) is 0 Å². The zero-order chi connectivity index (χ0) is 20.5. The molecule has 1 aromatic heterocycles. The molecule has 0 amide bonds. The third kappa shape index (κ3) is 6.26. The first-order valence-corrected chi connectivity index (χ1v) is 11.1. The molecule has 6 nitrogen and oxygen atoms in total. The van der Waals surface area contributed by atoms with Gasteiger partial charge in [0.05, 0.1) is 32.1 Å². The van der Waals surface area contributed by atoms with E-state index >= 15 is 0 Å². The first-order chi connectivity index (χ1) is 14.2.